The first kappa shape index (κ1) is 19.9. The Bertz CT molecular complexity index is 1130. The van der Waals surface area contributed by atoms with Gasteiger partial charge in [-0.1, -0.05) is 35.9 Å². The predicted octanol–water partition coefficient (Wildman–Crippen LogP) is 2.72. The number of hydrogen-bond donors (Lipinski definition) is 1. The summed E-state index contributed by atoms with van der Waals surface area (Å²) in [6.07, 6.45) is 1.32. The van der Waals surface area contributed by atoms with Crippen LogP contribution in [0.1, 0.15) is 24.0 Å². The van der Waals surface area contributed by atoms with Crippen LogP contribution in [0.3, 0.4) is 0 Å². The van der Waals surface area contributed by atoms with E-state index in [9.17, 15) is 13.2 Å². The molecule has 1 unspecified atom stereocenters. The lowest BCUT2D eigenvalue weighted by atomic mass is 9.98. The van der Waals surface area contributed by atoms with Crippen LogP contribution in [0.25, 0.3) is 11.0 Å². The number of aromatic nitrogens is 2. The van der Waals surface area contributed by atoms with Crippen molar-refractivity contribution in [2.45, 2.75) is 31.2 Å². The first-order chi connectivity index (χ1) is 13.9. The van der Waals surface area contributed by atoms with Crippen molar-refractivity contribution in [2.75, 3.05) is 13.1 Å². The zero-order chi connectivity index (χ0) is 20.4. The molecule has 2 aromatic carbocycles. The number of sulfonamides is 1. The quantitative estimate of drug-likeness (QED) is 0.672. The summed E-state index contributed by atoms with van der Waals surface area (Å²) in [5, 5.41) is 2.94. The Labute approximate surface area is 174 Å². The molecular formula is C20H22N4O3S2. The fourth-order valence-electron chi connectivity index (χ4n) is 3.54. The molecule has 1 atom stereocenters. The van der Waals surface area contributed by atoms with Crippen molar-refractivity contribution >= 4 is 38.7 Å². The van der Waals surface area contributed by atoms with E-state index in [1.54, 1.807) is 18.2 Å². The highest BCUT2D eigenvalue weighted by Crippen LogP contribution is 2.28. The molecular weight excluding hydrogens is 408 g/mol. The van der Waals surface area contributed by atoms with Gasteiger partial charge in [0.25, 0.3) is 0 Å². The van der Waals surface area contributed by atoms with Crippen molar-refractivity contribution in [1.82, 2.24) is 18.4 Å². The molecule has 1 aliphatic rings. The van der Waals surface area contributed by atoms with E-state index in [0.29, 0.717) is 37.0 Å². The Balaban J connectivity index is 1.46. The van der Waals surface area contributed by atoms with Crippen molar-refractivity contribution in [3.8, 4) is 0 Å². The number of fused-ring (bicyclic) bond motifs is 1. The van der Waals surface area contributed by atoms with E-state index in [-0.39, 0.29) is 23.3 Å². The summed E-state index contributed by atoms with van der Waals surface area (Å²) in [6.45, 7) is 3.03. The molecule has 7 nitrogen and oxygen atoms in total. The second-order valence-electron chi connectivity index (χ2n) is 7.29. The smallest absolute Gasteiger partial charge is 0.245 e. The lowest BCUT2D eigenvalue weighted by molar-refractivity contribution is -0.126. The first-order valence-corrected chi connectivity index (χ1v) is 11.7. The van der Waals surface area contributed by atoms with Gasteiger partial charge in [0.15, 0.2) is 0 Å². The van der Waals surface area contributed by atoms with E-state index < -0.39 is 10.0 Å². The summed E-state index contributed by atoms with van der Waals surface area (Å²) in [5.41, 5.74) is 3.15. The lowest BCUT2D eigenvalue weighted by Gasteiger charge is -2.31. The number of aryl methyl sites for hydroxylation is 1. The van der Waals surface area contributed by atoms with Gasteiger partial charge >= 0.3 is 0 Å². The molecule has 4 rings (SSSR count). The van der Waals surface area contributed by atoms with Crippen LogP contribution in [0, 0.1) is 12.8 Å². The van der Waals surface area contributed by atoms with Crippen molar-refractivity contribution in [1.29, 1.82) is 0 Å². The summed E-state index contributed by atoms with van der Waals surface area (Å²) in [5.74, 6) is -0.476. The van der Waals surface area contributed by atoms with E-state index in [1.807, 2.05) is 31.2 Å². The zero-order valence-corrected chi connectivity index (χ0v) is 17.7. The molecule has 1 fully saturated rings. The lowest BCUT2D eigenvalue weighted by Crippen LogP contribution is -2.45. The van der Waals surface area contributed by atoms with Gasteiger partial charge in [-0.2, -0.15) is 13.1 Å². The highest BCUT2D eigenvalue weighted by Gasteiger charge is 2.34. The van der Waals surface area contributed by atoms with Gasteiger partial charge in [-0.15, -0.1) is 0 Å². The molecule has 2 heterocycles. The van der Waals surface area contributed by atoms with Gasteiger partial charge in [-0.3, -0.25) is 4.79 Å². The second kappa shape index (κ2) is 8.17. The van der Waals surface area contributed by atoms with Crippen molar-refractivity contribution in [3.63, 3.8) is 0 Å². The number of nitrogens with zero attached hydrogens (tertiary/aromatic N) is 3. The number of amides is 1. The standard InChI is InChI=1S/C20H22N4O3S2/c1-14-7-9-15(10-8-14)12-21-20(25)16-4-3-11-24(13-16)29(26,27)18-6-2-5-17-19(18)23-28-22-17/h2,5-10,16H,3-4,11-13H2,1H3,(H,21,25). The van der Waals surface area contributed by atoms with Gasteiger partial charge < -0.3 is 5.32 Å². The van der Waals surface area contributed by atoms with E-state index in [0.717, 1.165) is 17.3 Å². The summed E-state index contributed by atoms with van der Waals surface area (Å²) >= 11 is 0.993. The third kappa shape index (κ3) is 4.17. The molecule has 1 N–H and O–H groups in total. The van der Waals surface area contributed by atoms with Crippen molar-refractivity contribution in [2.24, 2.45) is 5.92 Å². The molecule has 0 bridgehead atoms. The van der Waals surface area contributed by atoms with Crippen molar-refractivity contribution in [3.05, 3.63) is 53.6 Å². The van der Waals surface area contributed by atoms with Crippen LogP contribution in [-0.2, 0) is 21.4 Å². The summed E-state index contributed by atoms with van der Waals surface area (Å²) < 4.78 is 36.1. The SMILES string of the molecule is Cc1ccc(CNC(=O)C2CCCN(S(=O)(=O)c3cccc4nsnc34)C2)cc1. The normalized spacial score (nSPS) is 18.0. The molecule has 0 aliphatic carbocycles. The number of carbonyl (C=O) groups is 1. The molecule has 1 amide bonds. The van der Waals surface area contributed by atoms with Gasteiger partial charge in [0.1, 0.15) is 15.9 Å². The first-order valence-electron chi connectivity index (χ1n) is 9.50. The maximum atomic E-state index is 13.2. The van der Waals surface area contributed by atoms with E-state index >= 15 is 0 Å². The summed E-state index contributed by atoms with van der Waals surface area (Å²) in [4.78, 5) is 12.8. The molecule has 0 spiro atoms. The fraction of sp³-hybridized carbons (Fsp3) is 0.350. The maximum Gasteiger partial charge on any atom is 0.245 e. The highest BCUT2D eigenvalue weighted by molar-refractivity contribution is 7.89. The van der Waals surface area contributed by atoms with Crippen LogP contribution in [0.5, 0.6) is 0 Å². The molecule has 1 aliphatic heterocycles. The van der Waals surface area contributed by atoms with Crippen molar-refractivity contribution < 1.29 is 13.2 Å². The molecule has 3 aromatic rings. The number of nitrogens with one attached hydrogen (secondary N) is 1. The van der Waals surface area contributed by atoms with E-state index in [4.69, 9.17) is 0 Å². The topological polar surface area (TPSA) is 92.3 Å². The van der Waals surface area contributed by atoms with Gasteiger partial charge in [-0.25, -0.2) is 8.42 Å². The Hall–Kier alpha value is -2.36. The van der Waals surface area contributed by atoms with Crippen LogP contribution in [-0.4, -0.2) is 40.5 Å². The molecule has 29 heavy (non-hydrogen) atoms. The van der Waals surface area contributed by atoms with Crippen LogP contribution in [0.2, 0.25) is 0 Å². The monoisotopic (exact) mass is 430 g/mol. The minimum atomic E-state index is -3.74. The largest absolute Gasteiger partial charge is 0.352 e. The van der Waals surface area contributed by atoms with Gasteiger partial charge in [0.2, 0.25) is 15.9 Å². The summed E-state index contributed by atoms with van der Waals surface area (Å²) in [7, 11) is -3.74. The van der Waals surface area contributed by atoms with Gasteiger partial charge in [0.05, 0.1) is 17.6 Å². The fourth-order valence-corrected chi connectivity index (χ4v) is 5.82. The Morgan fingerprint density at radius 3 is 2.79 bits per heavy atom. The number of carbonyl (C=O) groups excluding carboxylic acids is 1. The second-order valence-corrected chi connectivity index (χ2v) is 9.73. The third-order valence-corrected chi connectivity index (χ3v) is 7.65. The van der Waals surface area contributed by atoms with Crippen LogP contribution < -0.4 is 5.32 Å². The average molecular weight is 431 g/mol. The Morgan fingerprint density at radius 1 is 1.21 bits per heavy atom. The average Bonchev–Trinajstić information content (AvgIpc) is 3.22. The van der Waals surface area contributed by atoms with Gasteiger partial charge in [0, 0.05) is 19.6 Å². The molecule has 0 radical (unpaired) electrons. The molecule has 152 valence electrons. The summed E-state index contributed by atoms with van der Waals surface area (Å²) in [6, 6.07) is 12.9. The Kier molecular flexibility index (Phi) is 5.62. The maximum absolute atomic E-state index is 13.2. The van der Waals surface area contributed by atoms with Gasteiger partial charge in [-0.05, 0) is 37.5 Å². The van der Waals surface area contributed by atoms with Crippen LogP contribution >= 0.6 is 11.7 Å². The van der Waals surface area contributed by atoms with E-state index in [1.165, 1.54) is 9.87 Å². The number of rotatable bonds is 5. The molecule has 9 heteroatoms. The third-order valence-electron chi connectivity index (χ3n) is 5.21. The molecule has 0 saturated carbocycles. The zero-order valence-electron chi connectivity index (χ0n) is 16.0. The minimum absolute atomic E-state index is 0.112. The molecule has 1 aromatic heterocycles. The number of piperidine rings is 1. The van der Waals surface area contributed by atoms with Crippen LogP contribution in [0.15, 0.2) is 47.4 Å². The predicted molar refractivity (Wildman–Crippen MR) is 112 cm³/mol. The minimum Gasteiger partial charge on any atom is -0.352 e. The van der Waals surface area contributed by atoms with E-state index in [2.05, 4.69) is 14.1 Å². The Morgan fingerprint density at radius 2 is 2.00 bits per heavy atom. The number of hydrogen-bond acceptors (Lipinski definition) is 6. The highest BCUT2D eigenvalue weighted by atomic mass is 32.2. The number of benzene rings is 2. The van der Waals surface area contributed by atoms with Crippen LogP contribution in [0.4, 0.5) is 0 Å². The molecule has 1 saturated heterocycles.